The maximum absolute atomic E-state index is 14.2. The lowest BCUT2D eigenvalue weighted by molar-refractivity contribution is -0.297. The van der Waals surface area contributed by atoms with Crippen molar-refractivity contribution in [2.24, 2.45) is 0 Å². The number of phosphoric acid groups is 1. The highest BCUT2D eigenvalue weighted by atomic mass is 31.2. The number of Topliss-reactive ketones (excluding diaryl/α,β-unsaturated/α-hetero) is 2. The second-order valence-electron chi connectivity index (χ2n) is 9.60. The van der Waals surface area contributed by atoms with E-state index in [2.05, 4.69) is 0 Å². The van der Waals surface area contributed by atoms with Crippen molar-refractivity contribution < 1.29 is 61.4 Å². The maximum Gasteiger partial charge on any atom is 0.588 e. The Morgan fingerprint density at radius 2 is 1.21 bits per heavy atom. The zero-order chi connectivity index (χ0) is 31.4. The average molecular weight is 623 g/mol. The van der Waals surface area contributed by atoms with Gasteiger partial charge in [-0.1, -0.05) is 36.4 Å². The maximum atomic E-state index is 14.2. The topological polar surface area (TPSA) is 170 Å². The quantitative estimate of drug-likeness (QED) is 0.213. The van der Waals surface area contributed by atoms with Crippen LogP contribution in [0.4, 0.5) is 0 Å². The molecule has 13 nitrogen and oxygen atoms in total. The average Bonchev–Trinajstić information content (AvgIpc) is 2.97. The summed E-state index contributed by atoms with van der Waals surface area (Å²) in [7, 11) is -3.44. The van der Waals surface area contributed by atoms with Gasteiger partial charge in [0.2, 0.25) is 0 Å². The number of phosphoric ester groups is 1. The van der Waals surface area contributed by atoms with Crippen molar-refractivity contribution in [3.05, 3.63) is 60.7 Å². The van der Waals surface area contributed by atoms with Crippen LogP contribution in [0, 0.1) is 0 Å². The van der Waals surface area contributed by atoms with Gasteiger partial charge < -0.3 is 42.7 Å². The third kappa shape index (κ3) is 10.6. The van der Waals surface area contributed by atoms with Crippen LogP contribution in [0.15, 0.2) is 60.7 Å². The summed E-state index contributed by atoms with van der Waals surface area (Å²) in [4.78, 5) is 48.5. The number of hydrogen-bond acceptors (Lipinski definition) is 13. The van der Waals surface area contributed by atoms with Crippen molar-refractivity contribution in [1.29, 1.82) is 0 Å². The van der Waals surface area contributed by atoms with E-state index in [9.17, 15) is 28.8 Å². The first-order valence-corrected chi connectivity index (χ1v) is 14.9. The minimum atomic E-state index is -4.67. The molecule has 234 valence electrons. The molecule has 0 radical (unpaired) electrons. The van der Waals surface area contributed by atoms with Crippen LogP contribution in [0.1, 0.15) is 39.5 Å². The molecule has 1 saturated heterocycles. The second kappa shape index (κ2) is 16.3. The Morgan fingerprint density at radius 3 is 1.63 bits per heavy atom. The molecule has 3 rings (SSSR count). The second-order valence-corrected chi connectivity index (χ2v) is 11.1. The van der Waals surface area contributed by atoms with E-state index in [1.165, 1.54) is 45.2 Å². The van der Waals surface area contributed by atoms with E-state index >= 15 is 0 Å². The molecule has 0 amide bonds. The summed E-state index contributed by atoms with van der Waals surface area (Å²) in [5.74, 6) is -2.04. The van der Waals surface area contributed by atoms with E-state index in [0.29, 0.717) is 0 Å². The molecule has 43 heavy (non-hydrogen) atoms. The number of aliphatic hydroxyl groups excluding tert-OH is 1. The van der Waals surface area contributed by atoms with E-state index < -0.39 is 57.1 Å². The predicted molar refractivity (Wildman–Crippen MR) is 149 cm³/mol. The number of methoxy groups -OCH3 is 1. The first-order chi connectivity index (χ1) is 20.5. The number of ketones is 2. The third-order valence-electron chi connectivity index (χ3n) is 6.07. The van der Waals surface area contributed by atoms with Crippen molar-refractivity contribution in [1.82, 2.24) is 0 Å². The largest absolute Gasteiger partial charge is 0.588 e. The van der Waals surface area contributed by atoms with Gasteiger partial charge in [-0.3, -0.25) is 14.1 Å². The molecule has 0 unspecified atom stereocenters. The number of carbonyl (C=O) groups excluding carboxylic acids is 4. The number of carbonyl (C=O) groups is 4. The summed E-state index contributed by atoms with van der Waals surface area (Å²) in [6.45, 7) is 1.86. The molecular weight excluding hydrogens is 587 g/mol. The van der Waals surface area contributed by atoms with Crippen LogP contribution in [-0.2, 0) is 47.2 Å². The number of aliphatic hydroxyl groups is 1. The van der Waals surface area contributed by atoms with E-state index in [0.717, 1.165) is 0 Å². The van der Waals surface area contributed by atoms with E-state index in [1.54, 1.807) is 36.4 Å². The summed E-state index contributed by atoms with van der Waals surface area (Å²) in [5.41, 5.74) is 0. The van der Waals surface area contributed by atoms with Crippen LogP contribution in [0.25, 0.3) is 0 Å². The highest BCUT2D eigenvalue weighted by molar-refractivity contribution is 7.49. The zero-order valence-corrected chi connectivity index (χ0v) is 24.9. The normalized spacial score (nSPS) is 21.8. The van der Waals surface area contributed by atoms with Crippen molar-refractivity contribution in [2.45, 2.75) is 70.2 Å². The smallest absolute Gasteiger partial charge is 0.455 e. The van der Waals surface area contributed by atoms with Gasteiger partial charge in [0.1, 0.15) is 35.3 Å². The molecule has 1 N–H and O–H groups in total. The number of ether oxygens (including phenoxy) is 4. The van der Waals surface area contributed by atoms with Crippen LogP contribution < -0.4 is 9.05 Å². The van der Waals surface area contributed by atoms with E-state index in [-0.39, 0.29) is 48.7 Å². The SMILES string of the molecule is CO[C@H]1O[C@H](CO)[C@@H](OP(=O)(Oc2ccccc2)Oc2ccccc2)[C@H](OC(=O)CCC(C)=O)[C@@H]1OC(=O)CCC(C)=O. The lowest BCUT2D eigenvalue weighted by Crippen LogP contribution is -2.62. The number of benzene rings is 2. The number of hydrogen-bond donors (Lipinski definition) is 1. The first kappa shape index (κ1) is 33.9. The molecular formula is C29H35O13P. The monoisotopic (exact) mass is 622 g/mol. The highest BCUT2D eigenvalue weighted by Crippen LogP contribution is 2.52. The Kier molecular flexibility index (Phi) is 12.8. The minimum Gasteiger partial charge on any atom is -0.455 e. The van der Waals surface area contributed by atoms with Crippen molar-refractivity contribution in [2.75, 3.05) is 13.7 Å². The summed E-state index contributed by atoms with van der Waals surface area (Å²) in [5, 5.41) is 10.2. The van der Waals surface area contributed by atoms with Gasteiger partial charge in [0, 0.05) is 20.0 Å². The Hall–Kier alpha value is -3.61. The Bertz CT molecular complexity index is 1220. The van der Waals surface area contributed by atoms with E-state index in [4.69, 9.17) is 32.5 Å². The van der Waals surface area contributed by atoms with Crippen LogP contribution >= 0.6 is 7.82 Å². The number of para-hydroxylation sites is 2. The Balaban J connectivity index is 2.02. The van der Waals surface area contributed by atoms with Gasteiger partial charge in [-0.25, -0.2) is 4.57 Å². The van der Waals surface area contributed by atoms with Gasteiger partial charge in [-0.05, 0) is 38.1 Å². The molecule has 5 atom stereocenters. The predicted octanol–water partition coefficient (Wildman–Crippen LogP) is 3.56. The summed E-state index contributed by atoms with van der Waals surface area (Å²) >= 11 is 0. The summed E-state index contributed by atoms with van der Waals surface area (Å²) in [6, 6.07) is 15.9. The Labute approximate surface area is 248 Å². The summed E-state index contributed by atoms with van der Waals surface area (Å²) in [6.07, 6.45) is -8.33. The van der Waals surface area contributed by atoms with Crippen LogP contribution in [0.3, 0.4) is 0 Å². The van der Waals surface area contributed by atoms with Crippen molar-refractivity contribution in [3.63, 3.8) is 0 Å². The molecule has 1 aliphatic rings. The molecule has 0 aromatic heterocycles. The number of rotatable bonds is 16. The Morgan fingerprint density at radius 1 is 0.744 bits per heavy atom. The summed E-state index contributed by atoms with van der Waals surface area (Å²) < 4.78 is 53.8. The first-order valence-electron chi connectivity index (χ1n) is 13.5. The standard InChI is InChI=1S/C29H35O13P/c1-19(31)14-16-24(33)38-27-26(23(18-30)37-29(36-3)28(27)39-25(34)17-15-20(2)32)42-43(35,40-21-10-6-4-7-11-21)41-22-12-8-5-9-13-22/h4-13,23,26-30H,14-18H2,1-3H3/t23-,26-,27+,28+,29+/m1/s1. The molecule has 0 aliphatic carbocycles. The molecule has 0 bridgehead atoms. The third-order valence-corrected chi connectivity index (χ3v) is 7.44. The van der Waals surface area contributed by atoms with Crippen LogP contribution in [0.2, 0.25) is 0 Å². The van der Waals surface area contributed by atoms with Crippen LogP contribution in [-0.4, -0.2) is 73.0 Å². The van der Waals surface area contributed by atoms with Gasteiger partial charge >= 0.3 is 19.8 Å². The molecule has 0 saturated carbocycles. The van der Waals surface area contributed by atoms with Gasteiger partial charge in [-0.2, -0.15) is 0 Å². The van der Waals surface area contributed by atoms with Crippen molar-refractivity contribution >= 4 is 31.3 Å². The van der Waals surface area contributed by atoms with Crippen LogP contribution in [0.5, 0.6) is 11.5 Å². The fraction of sp³-hybridized carbons (Fsp3) is 0.448. The van der Waals surface area contributed by atoms with Gasteiger partial charge in [0.15, 0.2) is 18.5 Å². The molecule has 14 heteroatoms. The van der Waals surface area contributed by atoms with E-state index in [1.807, 2.05) is 0 Å². The molecule has 2 aromatic carbocycles. The molecule has 1 aliphatic heterocycles. The molecule has 1 heterocycles. The lowest BCUT2D eigenvalue weighted by atomic mass is 9.98. The molecule has 1 fully saturated rings. The fourth-order valence-corrected chi connectivity index (χ4v) is 5.45. The lowest BCUT2D eigenvalue weighted by Gasteiger charge is -2.44. The van der Waals surface area contributed by atoms with Crippen molar-refractivity contribution in [3.8, 4) is 11.5 Å². The zero-order valence-electron chi connectivity index (χ0n) is 24.0. The highest BCUT2D eigenvalue weighted by Gasteiger charge is 2.54. The van der Waals surface area contributed by atoms with Gasteiger partial charge in [0.25, 0.3) is 0 Å². The molecule has 0 spiro atoms. The van der Waals surface area contributed by atoms with Gasteiger partial charge in [-0.15, -0.1) is 0 Å². The molecule has 2 aromatic rings. The minimum absolute atomic E-state index is 0.107. The fourth-order valence-electron chi connectivity index (χ4n) is 4.01. The van der Waals surface area contributed by atoms with Gasteiger partial charge in [0.05, 0.1) is 19.4 Å². The number of esters is 2.